The average molecular weight is 425 g/mol. The van der Waals surface area contributed by atoms with Crippen molar-refractivity contribution in [3.8, 4) is 0 Å². The number of hydrogen-bond acceptors (Lipinski definition) is 4. The van der Waals surface area contributed by atoms with Crippen molar-refractivity contribution in [1.82, 2.24) is 4.98 Å². The summed E-state index contributed by atoms with van der Waals surface area (Å²) in [5, 5.41) is 12.0. The van der Waals surface area contributed by atoms with Crippen molar-refractivity contribution >= 4 is 28.8 Å². The molecule has 8 heteroatoms. The third-order valence-electron chi connectivity index (χ3n) is 4.59. The largest absolute Gasteiger partial charge is 0.381 e. The molecule has 2 aromatic rings. The van der Waals surface area contributed by atoms with Gasteiger partial charge in [0.15, 0.2) is 0 Å². The number of halogens is 3. The normalized spacial score (nSPS) is 14.2. The van der Waals surface area contributed by atoms with Gasteiger partial charge < -0.3 is 15.0 Å². The number of amidine groups is 1. The van der Waals surface area contributed by atoms with Gasteiger partial charge in [-0.3, -0.25) is 10.4 Å². The van der Waals surface area contributed by atoms with Gasteiger partial charge in [-0.05, 0) is 37.1 Å². The van der Waals surface area contributed by atoms with Gasteiger partial charge >= 0.3 is 0 Å². The first-order valence-electron chi connectivity index (χ1n) is 9.66. The number of rotatable bonds is 5. The monoisotopic (exact) mass is 424 g/mol. The second-order valence-electron chi connectivity index (χ2n) is 6.37. The lowest BCUT2D eigenvalue weighted by Gasteiger charge is -2.27. The molecule has 1 fully saturated rings. The number of pyridine rings is 1. The predicted octanol–water partition coefficient (Wildman–Crippen LogP) is 5.75. The summed E-state index contributed by atoms with van der Waals surface area (Å²) >= 11 is 5.84. The molecule has 2 N–H and O–H groups in total. The molecule has 0 amide bonds. The van der Waals surface area contributed by atoms with E-state index in [0.29, 0.717) is 24.5 Å². The Morgan fingerprint density at radius 3 is 2.62 bits per heavy atom. The molecule has 1 saturated heterocycles. The van der Waals surface area contributed by atoms with Crippen molar-refractivity contribution in [2.45, 2.75) is 39.2 Å². The SMILES string of the molecule is CC.CN(C(=N)c1cnccc1NC1CCOCC1)c1ccc(Cl)c(C(F)F)c1. The van der Waals surface area contributed by atoms with E-state index in [2.05, 4.69) is 10.3 Å². The van der Waals surface area contributed by atoms with E-state index in [-0.39, 0.29) is 22.5 Å². The van der Waals surface area contributed by atoms with Crippen LogP contribution in [0.1, 0.15) is 44.2 Å². The second kappa shape index (κ2) is 11.1. The topological polar surface area (TPSA) is 61.2 Å². The van der Waals surface area contributed by atoms with Crippen LogP contribution >= 0.6 is 11.6 Å². The highest BCUT2D eigenvalue weighted by Gasteiger charge is 2.20. The highest BCUT2D eigenvalue weighted by atomic mass is 35.5. The Morgan fingerprint density at radius 1 is 1.28 bits per heavy atom. The van der Waals surface area contributed by atoms with E-state index in [0.717, 1.165) is 18.5 Å². The molecule has 1 aromatic carbocycles. The van der Waals surface area contributed by atoms with Gasteiger partial charge in [0.05, 0.1) is 5.56 Å². The molecular formula is C21H27ClF2N4O. The van der Waals surface area contributed by atoms with Crippen LogP contribution in [-0.4, -0.2) is 37.1 Å². The molecule has 0 spiro atoms. The van der Waals surface area contributed by atoms with E-state index < -0.39 is 6.43 Å². The van der Waals surface area contributed by atoms with Crippen LogP contribution < -0.4 is 10.2 Å². The highest BCUT2D eigenvalue weighted by Crippen LogP contribution is 2.31. The van der Waals surface area contributed by atoms with Crippen molar-refractivity contribution in [2.75, 3.05) is 30.5 Å². The summed E-state index contributed by atoms with van der Waals surface area (Å²) in [6, 6.07) is 6.43. The fraction of sp³-hybridized carbons (Fsp3) is 0.429. The molecule has 1 aliphatic rings. The van der Waals surface area contributed by atoms with E-state index >= 15 is 0 Å². The molecule has 0 saturated carbocycles. The summed E-state index contributed by atoms with van der Waals surface area (Å²) in [6.07, 6.45) is 2.36. The van der Waals surface area contributed by atoms with Crippen LogP contribution in [0.4, 0.5) is 20.2 Å². The molecular weight excluding hydrogens is 398 g/mol. The zero-order valence-corrected chi connectivity index (χ0v) is 17.6. The number of hydrogen-bond donors (Lipinski definition) is 2. The molecule has 29 heavy (non-hydrogen) atoms. The summed E-state index contributed by atoms with van der Waals surface area (Å²) in [5.74, 6) is 0.153. The smallest absolute Gasteiger partial charge is 0.265 e. The minimum atomic E-state index is -2.68. The van der Waals surface area contributed by atoms with Gasteiger partial charge in [0.25, 0.3) is 6.43 Å². The van der Waals surface area contributed by atoms with Crippen LogP contribution in [0.25, 0.3) is 0 Å². The Bertz CT molecular complexity index is 813. The molecule has 2 heterocycles. The van der Waals surface area contributed by atoms with Crippen molar-refractivity contribution in [1.29, 1.82) is 5.41 Å². The van der Waals surface area contributed by atoms with E-state index in [4.69, 9.17) is 21.7 Å². The van der Waals surface area contributed by atoms with Gasteiger partial charge in [-0.2, -0.15) is 0 Å². The fourth-order valence-electron chi connectivity index (χ4n) is 2.99. The van der Waals surface area contributed by atoms with Crippen LogP contribution in [-0.2, 0) is 4.74 Å². The van der Waals surface area contributed by atoms with Crippen molar-refractivity contribution in [3.63, 3.8) is 0 Å². The Kier molecular flexibility index (Phi) is 8.79. The third kappa shape index (κ3) is 5.87. The van der Waals surface area contributed by atoms with Crippen LogP contribution in [0.15, 0.2) is 36.7 Å². The molecule has 0 bridgehead atoms. The molecule has 5 nitrogen and oxygen atoms in total. The maximum atomic E-state index is 13.1. The minimum Gasteiger partial charge on any atom is -0.381 e. The minimum absolute atomic E-state index is 0.0110. The first-order valence-corrected chi connectivity index (χ1v) is 10.0. The first-order chi connectivity index (χ1) is 14.0. The number of nitrogens with zero attached hydrogens (tertiary/aromatic N) is 2. The summed E-state index contributed by atoms with van der Waals surface area (Å²) in [7, 11) is 1.66. The maximum absolute atomic E-state index is 13.1. The number of alkyl halides is 2. The number of benzene rings is 1. The second-order valence-corrected chi connectivity index (χ2v) is 6.77. The number of aromatic nitrogens is 1. The number of ether oxygens (including phenoxy) is 1. The van der Waals surface area contributed by atoms with Crippen molar-refractivity contribution in [3.05, 3.63) is 52.8 Å². The number of anilines is 2. The van der Waals surface area contributed by atoms with E-state index in [1.165, 1.54) is 17.0 Å². The van der Waals surface area contributed by atoms with Crippen LogP contribution in [0, 0.1) is 5.41 Å². The van der Waals surface area contributed by atoms with Gasteiger partial charge in [-0.25, -0.2) is 8.78 Å². The molecule has 1 aliphatic heterocycles. The van der Waals surface area contributed by atoms with E-state index in [9.17, 15) is 8.78 Å². The Labute approximate surface area is 175 Å². The molecule has 0 aliphatic carbocycles. The van der Waals surface area contributed by atoms with Crippen LogP contribution in [0.3, 0.4) is 0 Å². The summed E-state index contributed by atoms with van der Waals surface area (Å²) in [5.41, 5.74) is 1.60. The Balaban J connectivity index is 0.00000145. The van der Waals surface area contributed by atoms with Crippen molar-refractivity contribution < 1.29 is 13.5 Å². The summed E-state index contributed by atoms with van der Waals surface area (Å²) in [4.78, 5) is 5.66. The summed E-state index contributed by atoms with van der Waals surface area (Å²) in [6.45, 7) is 5.41. The molecule has 0 unspecified atom stereocenters. The number of nitrogens with one attached hydrogen (secondary N) is 2. The van der Waals surface area contributed by atoms with Crippen LogP contribution in [0.5, 0.6) is 0 Å². The van der Waals surface area contributed by atoms with Gasteiger partial charge in [0, 0.05) is 60.7 Å². The molecule has 0 atom stereocenters. The molecule has 3 rings (SSSR count). The molecule has 0 radical (unpaired) electrons. The maximum Gasteiger partial charge on any atom is 0.265 e. The lowest BCUT2D eigenvalue weighted by Crippen LogP contribution is -2.31. The summed E-state index contributed by atoms with van der Waals surface area (Å²) < 4.78 is 31.6. The van der Waals surface area contributed by atoms with Crippen LogP contribution in [0.2, 0.25) is 5.02 Å². The van der Waals surface area contributed by atoms with E-state index in [1.807, 2.05) is 19.9 Å². The molecule has 1 aromatic heterocycles. The highest BCUT2D eigenvalue weighted by molar-refractivity contribution is 6.31. The lowest BCUT2D eigenvalue weighted by molar-refractivity contribution is 0.0904. The van der Waals surface area contributed by atoms with Crippen molar-refractivity contribution in [2.24, 2.45) is 0 Å². The van der Waals surface area contributed by atoms with E-state index in [1.54, 1.807) is 25.5 Å². The third-order valence-corrected chi connectivity index (χ3v) is 4.94. The Morgan fingerprint density at radius 2 is 1.97 bits per heavy atom. The standard InChI is InChI=1S/C19H21ClF2N4O.C2H6/c1-26(13-2-3-16(20)14(10-13)18(21)22)19(23)15-11-24-7-4-17(15)25-12-5-8-27-9-6-12;1-2/h2-4,7,10-12,18,23H,5-6,8-9H2,1H3,(H,24,25);1-2H3. The predicted molar refractivity (Wildman–Crippen MR) is 115 cm³/mol. The zero-order chi connectivity index (χ0) is 21.4. The van der Waals surface area contributed by atoms with Gasteiger partial charge in [-0.1, -0.05) is 25.4 Å². The molecule has 158 valence electrons. The first kappa shape index (κ1) is 23.0. The van der Waals surface area contributed by atoms with Gasteiger partial charge in [-0.15, -0.1) is 0 Å². The zero-order valence-electron chi connectivity index (χ0n) is 16.9. The fourth-order valence-corrected chi connectivity index (χ4v) is 3.19. The average Bonchev–Trinajstić information content (AvgIpc) is 2.75. The Hall–Kier alpha value is -2.25. The quantitative estimate of drug-likeness (QED) is 0.473. The van der Waals surface area contributed by atoms with Gasteiger partial charge in [0.2, 0.25) is 0 Å². The lowest BCUT2D eigenvalue weighted by atomic mass is 10.1. The van der Waals surface area contributed by atoms with Gasteiger partial charge in [0.1, 0.15) is 5.84 Å².